The van der Waals surface area contributed by atoms with Crippen molar-refractivity contribution in [1.29, 1.82) is 0 Å². The molecule has 0 aromatic heterocycles. The molecular weight excluding hydrogens is 218 g/mol. The van der Waals surface area contributed by atoms with Gasteiger partial charge in [-0.05, 0) is 38.5 Å². The molecule has 17 heavy (non-hydrogen) atoms. The Bertz CT molecular complexity index is 225. The van der Waals surface area contributed by atoms with Gasteiger partial charge in [0.05, 0.1) is 6.10 Å². The molecule has 4 nitrogen and oxygen atoms in total. The molecular formula is C13H25NO3. The average Bonchev–Trinajstić information content (AvgIpc) is 2.34. The molecule has 0 aromatic carbocycles. The molecule has 4 heteroatoms. The second-order valence-electron chi connectivity index (χ2n) is 5.05. The fourth-order valence-electron chi connectivity index (χ4n) is 2.06. The van der Waals surface area contributed by atoms with Crippen LogP contribution in [0.4, 0.5) is 0 Å². The Balaban J connectivity index is 2.14. The molecule has 0 radical (unpaired) electrons. The number of aliphatic hydroxyl groups excluding tert-OH is 1. The van der Waals surface area contributed by atoms with Crippen molar-refractivity contribution >= 4 is 5.91 Å². The minimum atomic E-state index is -0.333. The van der Waals surface area contributed by atoms with Crippen molar-refractivity contribution in [3.05, 3.63) is 0 Å². The van der Waals surface area contributed by atoms with Crippen LogP contribution in [0, 0.1) is 5.92 Å². The highest BCUT2D eigenvalue weighted by atomic mass is 16.5. The van der Waals surface area contributed by atoms with Crippen molar-refractivity contribution in [2.45, 2.75) is 45.1 Å². The third kappa shape index (κ3) is 6.03. The summed E-state index contributed by atoms with van der Waals surface area (Å²) in [4.78, 5) is 13.5. The van der Waals surface area contributed by atoms with E-state index in [0.717, 1.165) is 32.5 Å². The lowest BCUT2D eigenvalue weighted by Crippen LogP contribution is -2.30. The predicted molar refractivity (Wildman–Crippen MR) is 66.7 cm³/mol. The molecule has 1 saturated heterocycles. The number of rotatable bonds is 6. The number of ether oxygens (including phenoxy) is 1. The van der Waals surface area contributed by atoms with Gasteiger partial charge in [-0.3, -0.25) is 4.79 Å². The van der Waals surface area contributed by atoms with Gasteiger partial charge >= 0.3 is 0 Å². The fraction of sp³-hybridized carbons (Fsp3) is 0.923. The minimum absolute atomic E-state index is 0.192. The van der Waals surface area contributed by atoms with E-state index in [1.807, 2.05) is 7.05 Å². The molecule has 1 aliphatic heterocycles. The highest BCUT2D eigenvalue weighted by Gasteiger charge is 2.16. The van der Waals surface area contributed by atoms with Crippen LogP contribution >= 0.6 is 0 Å². The van der Waals surface area contributed by atoms with Crippen LogP contribution in [0.15, 0.2) is 0 Å². The van der Waals surface area contributed by atoms with Crippen molar-refractivity contribution in [3.63, 3.8) is 0 Å². The van der Waals surface area contributed by atoms with Crippen LogP contribution in [0.5, 0.6) is 0 Å². The molecule has 0 aromatic rings. The first-order valence-electron chi connectivity index (χ1n) is 6.59. The van der Waals surface area contributed by atoms with Crippen molar-refractivity contribution in [3.8, 4) is 0 Å². The van der Waals surface area contributed by atoms with Crippen molar-refractivity contribution in [2.24, 2.45) is 5.92 Å². The van der Waals surface area contributed by atoms with Gasteiger partial charge in [0.2, 0.25) is 5.91 Å². The SMILES string of the molecule is CC(O)CCN(C)C(=O)CCC1CCOCC1. The van der Waals surface area contributed by atoms with Crippen LogP contribution in [0.25, 0.3) is 0 Å². The molecule has 1 amide bonds. The number of carbonyl (C=O) groups is 1. The van der Waals surface area contributed by atoms with Gasteiger partial charge in [0.15, 0.2) is 0 Å². The Morgan fingerprint density at radius 2 is 2.12 bits per heavy atom. The molecule has 0 aliphatic carbocycles. The van der Waals surface area contributed by atoms with Gasteiger partial charge in [-0.25, -0.2) is 0 Å². The Kier molecular flexibility index (Phi) is 6.52. The lowest BCUT2D eigenvalue weighted by molar-refractivity contribution is -0.130. The molecule has 1 unspecified atom stereocenters. The van der Waals surface area contributed by atoms with Gasteiger partial charge in [-0.1, -0.05) is 0 Å². The summed E-state index contributed by atoms with van der Waals surface area (Å²) < 4.78 is 5.30. The van der Waals surface area contributed by atoms with E-state index in [2.05, 4.69) is 0 Å². The summed E-state index contributed by atoms with van der Waals surface area (Å²) >= 11 is 0. The maximum absolute atomic E-state index is 11.8. The highest BCUT2D eigenvalue weighted by molar-refractivity contribution is 5.75. The maximum Gasteiger partial charge on any atom is 0.222 e. The number of hydrogen-bond acceptors (Lipinski definition) is 3. The van der Waals surface area contributed by atoms with Crippen LogP contribution in [-0.4, -0.2) is 48.8 Å². The van der Waals surface area contributed by atoms with Gasteiger partial charge in [0.1, 0.15) is 0 Å². The minimum Gasteiger partial charge on any atom is -0.393 e. The molecule has 1 atom stereocenters. The third-order valence-corrected chi connectivity index (χ3v) is 3.42. The van der Waals surface area contributed by atoms with E-state index in [1.165, 1.54) is 0 Å². The van der Waals surface area contributed by atoms with Crippen LogP contribution in [-0.2, 0) is 9.53 Å². The second kappa shape index (κ2) is 7.67. The van der Waals surface area contributed by atoms with Gasteiger partial charge in [0, 0.05) is 33.2 Å². The van der Waals surface area contributed by atoms with E-state index in [9.17, 15) is 4.79 Å². The summed E-state index contributed by atoms with van der Waals surface area (Å²) in [5.74, 6) is 0.843. The number of amides is 1. The van der Waals surface area contributed by atoms with E-state index in [-0.39, 0.29) is 12.0 Å². The van der Waals surface area contributed by atoms with E-state index < -0.39 is 0 Å². The zero-order chi connectivity index (χ0) is 12.7. The first-order chi connectivity index (χ1) is 8.09. The topological polar surface area (TPSA) is 49.8 Å². The molecule has 100 valence electrons. The zero-order valence-corrected chi connectivity index (χ0v) is 11.0. The summed E-state index contributed by atoms with van der Waals surface area (Å²) in [6, 6.07) is 0. The smallest absolute Gasteiger partial charge is 0.222 e. The fourth-order valence-corrected chi connectivity index (χ4v) is 2.06. The van der Waals surface area contributed by atoms with E-state index >= 15 is 0 Å². The summed E-state index contributed by atoms with van der Waals surface area (Å²) in [5.41, 5.74) is 0. The largest absolute Gasteiger partial charge is 0.393 e. The van der Waals surface area contributed by atoms with Crippen molar-refractivity contribution in [1.82, 2.24) is 4.90 Å². The Labute approximate surface area is 104 Å². The van der Waals surface area contributed by atoms with Gasteiger partial charge in [0.25, 0.3) is 0 Å². The maximum atomic E-state index is 11.8. The molecule has 1 N–H and O–H groups in total. The second-order valence-corrected chi connectivity index (χ2v) is 5.05. The van der Waals surface area contributed by atoms with Gasteiger partial charge < -0.3 is 14.7 Å². The molecule has 1 fully saturated rings. The quantitative estimate of drug-likeness (QED) is 0.767. The third-order valence-electron chi connectivity index (χ3n) is 3.42. The van der Waals surface area contributed by atoms with Crippen LogP contribution in [0.2, 0.25) is 0 Å². The lowest BCUT2D eigenvalue weighted by atomic mass is 9.95. The molecule has 0 saturated carbocycles. The normalized spacial score (nSPS) is 19.0. The molecule has 1 heterocycles. The van der Waals surface area contributed by atoms with Crippen molar-refractivity contribution < 1.29 is 14.6 Å². The van der Waals surface area contributed by atoms with Crippen LogP contribution < -0.4 is 0 Å². The average molecular weight is 243 g/mol. The van der Waals surface area contributed by atoms with E-state index in [1.54, 1.807) is 11.8 Å². The molecule has 1 aliphatic rings. The monoisotopic (exact) mass is 243 g/mol. The molecule has 0 spiro atoms. The number of nitrogens with zero attached hydrogens (tertiary/aromatic N) is 1. The first-order valence-corrected chi connectivity index (χ1v) is 6.59. The Morgan fingerprint density at radius 3 is 2.71 bits per heavy atom. The number of hydrogen-bond donors (Lipinski definition) is 1. The van der Waals surface area contributed by atoms with Gasteiger partial charge in [-0.15, -0.1) is 0 Å². The first kappa shape index (κ1) is 14.5. The molecule has 0 bridgehead atoms. The summed E-state index contributed by atoms with van der Waals surface area (Å²) in [5, 5.41) is 9.16. The Morgan fingerprint density at radius 1 is 1.47 bits per heavy atom. The van der Waals surface area contributed by atoms with Crippen LogP contribution in [0.1, 0.15) is 39.0 Å². The lowest BCUT2D eigenvalue weighted by Gasteiger charge is -2.23. The predicted octanol–water partition coefficient (Wildman–Crippen LogP) is 1.42. The van der Waals surface area contributed by atoms with Crippen molar-refractivity contribution in [2.75, 3.05) is 26.8 Å². The Hall–Kier alpha value is -0.610. The summed E-state index contributed by atoms with van der Waals surface area (Å²) in [7, 11) is 1.81. The van der Waals surface area contributed by atoms with E-state index in [4.69, 9.17) is 9.84 Å². The highest BCUT2D eigenvalue weighted by Crippen LogP contribution is 2.20. The summed E-state index contributed by atoms with van der Waals surface area (Å²) in [6.45, 7) is 4.08. The number of carbonyl (C=O) groups excluding carboxylic acids is 1. The van der Waals surface area contributed by atoms with Gasteiger partial charge in [-0.2, -0.15) is 0 Å². The van der Waals surface area contributed by atoms with Crippen LogP contribution in [0.3, 0.4) is 0 Å². The zero-order valence-electron chi connectivity index (χ0n) is 11.0. The molecule has 1 rings (SSSR count). The summed E-state index contributed by atoms with van der Waals surface area (Å²) in [6.07, 6.45) is 4.09. The van der Waals surface area contributed by atoms with E-state index in [0.29, 0.717) is 25.3 Å². The standard InChI is InChI=1S/C13H25NO3/c1-11(15)5-8-14(2)13(16)4-3-12-6-9-17-10-7-12/h11-12,15H,3-10H2,1-2H3. The number of aliphatic hydroxyl groups is 1.